The fourth-order valence-corrected chi connectivity index (χ4v) is 1.81. The van der Waals surface area contributed by atoms with E-state index in [4.69, 9.17) is 11.6 Å². The smallest absolute Gasteiger partial charge is 0.331 e. The van der Waals surface area contributed by atoms with Gasteiger partial charge in [-0.15, -0.1) is 0 Å². The second-order valence-corrected chi connectivity index (χ2v) is 4.03. The molecular weight excluding hydrogens is 242 g/mol. The molecule has 4 nitrogen and oxygen atoms in total. The Morgan fingerprint density at radius 3 is 2.24 bits per heavy atom. The normalized spacial score (nSPS) is 11.9. The van der Waals surface area contributed by atoms with Gasteiger partial charge in [0.25, 0.3) is 0 Å². The van der Waals surface area contributed by atoms with Gasteiger partial charge in [0.2, 0.25) is 5.91 Å². The van der Waals surface area contributed by atoms with E-state index in [1.54, 1.807) is 31.2 Å². The number of halogens is 1. The number of rotatable bonds is 4. The highest BCUT2D eigenvalue weighted by atomic mass is 35.5. The molecule has 1 unspecified atom stereocenters. The number of benzene rings is 1. The van der Waals surface area contributed by atoms with Crippen molar-refractivity contribution in [3.63, 3.8) is 0 Å². The first kappa shape index (κ1) is 13.5. The fourth-order valence-electron chi connectivity index (χ4n) is 1.69. The van der Waals surface area contributed by atoms with Crippen LogP contribution in [0.2, 0.25) is 5.02 Å². The number of hydrogen-bond acceptors (Lipinski definition) is 2. The molecule has 1 aromatic carbocycles. The van der Waals surface area contributed by atoms with Crippen molar-refractivity contribution in [1.82, 2.24) is 4.90 Å². The summed E-state index contributed by atoms with van der Waals surface area (Å²) in [7, 11) is 0. The molecule has 5 heteroatoms. The van der Waals surface area contributed by atoms with Gasteiger partial charge in [0.15, 0.2) is 6.04 Å². The zero-order valence-electron chi connectivity index (χ0n) is 9.68. The van der Waals surface area contributed by atoms with Crippen LogP contribution in [0.5, 0.6) is 0 Å². The second-order valence-electron chi connectivity index (χ2n) is 3.60. The summed E-state index contributed by atoms with van der Waals surface area (Å²) < 4.78 is 0. The average Bonchev–Trinajstić information content (AvgIpc) is 2.26. The molecule has 0 heterocycles. The number of amides is 1. The van der Waals surface area contributed by atoms with Crippen LogP contribution >= 0.6 is 11.6 Å². The Kier molecular flexibility index (Phi) is 4.52. The molecule has 1 amide bonds. The molecule has 17 heavy (non-hydrogen) atoms. The molecule has 0 fully saturated rings. The van der Waals surface area contributed by atoms with E-state index in [0.29, 0.717) is 17.1 Å². The molecule has 1 atom stereocenters. The highest BCUT2D eigenvalue weighted by Crippen LogP contribution is 2.22. The number of nitrogens with zero attached hydrogens (tertiary/aromatic N) is 1. The van der Waals surface area contributed by atoms with E-state index in [1.807, 2.05) is 0 Å². The first-order valence-corrected chi connectivity index (χ1v) is 5.60. The monoisotopic (exact) mass is 255 g/mol. The van der Waals surface area contributed by atoms with Crippen LogP contribution < -0.4 is 0 Å². The van der Waals surface area contributed by atoms with E-state index in [1.165, 1.54) is 11.8 Å². The summed E-state index contributed by atoms with van der Waals surface area (Å²) in [5.41, 5.74) is 0.541. The van der Waals surface area contributed by atoms with Crippen LogP contribution in [0.25, 0.3) is 0 Å². The van der Waals surface area contributed by atoms with Gasteiger partial charge in [-0.25, -0.2) is 4.79 Å². The zero-order valence-corrected chi connectivity index (χ0v) is 10.4. The van der Waals surface area contributed by atoms with Gasteiger partial charge in [-0.2, -0.15) is 0 Å². The minimum absolute atomic E-state index is 0.269. The third-order valence-corrected chi connectivity index (χ3v) is 2.73. The summed E-state index contributed by atoms with van der Waals surface area (Å²) in [6.45, 7) is 3.44. The Labute approximate surface area is 105 Å². The van der Waals surface area contributed by atoms with Crippen LogP contribution in [-0.4, -0.2) is 28.4 Å². The van der Waals surface area contributed by atoms with E-state index in [2.05, 4.69) is 0 Å². The highest BCUT2D eigenvalue weighted by molar-refractivity contribution is 6.30. The van der Waals surface area contributed by atoms with Crippen LogP contribution in [0.1, 0.15) is 25.5 Å². The van der Waals surface area contributed by atoms with Crippen LogP contribution in [-0.2, 0) is 9.59 Å². The van der Waals surface area contributed by atoms with Gasteiger partial charge < -0.3 is 10.0 Å². The zero-order chi connectivity index (χ0) is 13.0. The minimum Gasteiger partial charge on any atom is -0.479 e. The van der Waals surface area contributed by atoms with Gasteiger partial charge in [-0.1, -0.05) is 23.7 Å². The van der Waals surface area contributed by atoms with Crippen molar-refractivity contribution in [3.05, 3.63) is 34.9 Å². The number of carboxylic acid groups (broad SMARTS) is 1. The minimum atomic E-state index is -1.05. The number of carbonyl (C=O) groups is 2. The van der Waals surface area contributed by atoms with Crippen molar-refractivity contribution >= 4 is 23.5 Å². The van der Waals surface area contributed by atoms with E-state index in [0.717, 1.165) is 0 Å². The maximum absolute atomic E-state index is 11.4. The Balaban J connectivity index is 3.12. The molecule has 0 aliphatic rings. The van der Waals surface area contributed by atoms with Gasteiger partial charge >= 0.3 is 5.97 Å². The Morgan fingerprint density at radius 1 is 1.35 bits per heavy atom. The van der Waals surface area contributed by atoms with Crippen LogP contribution in [0.3, 0.4) is 0 Å². The van der Waals surface area contributed by atoms with Crippen molar-refractivity contribution in [2.45, 2.75) is 19.9 Å². The molecular formula is C12H14ClNO3. The maximum atomic E-state index is 11.4. The van der Waals surface area contributed by atoms with Gasteiger partial charge in [-0.3, -0.25) is 4.79 Å². The third kappa shape index (κ3) is 3.20. The summed E-state index contributed by atoms with van der Waals surface area (Å²) in [5.74, 6) is -1.32. The number of hydrogen-bond donors (Lipinski definition) is 1. The Hall–Kier alpha value is -1.55. The van der Waals surface area contributed by atoms with Crippen molar-refractivity contribution in [2.24, 2.45) is 0 Å². The predicted molar refractivity (Wildman–Crippen MR) is 64.9 cm³/mol. The fraction of sp³-hybridized carbons (Fsp3) is 0.333. The van der Waals surface area contributed by atoms with E-state index >= 15 is 0 Å². The standard InChI is InChI=1S/C12H14ClNO3/c1-3-14(8(2)15)11(12(16)17)9-4-6-10(13)7-5-9/h4-7,11H,3H2,1-2H3,(H,16,17). The molecule has 0 spiro atoms. The van der Waals surface area contributed by atoms with Gasteiger partial charge in [0.05, 0.1) is 0 Å². The number of carbonyl (C=O) groups excluding carboxylic acids is 1. The molecule has 0 radical (unpaired) electrons. The average molecular weight is 256 g/mol. The molecule has 92 valence electrons. The predicted octanol–water partition coefficient (Wildman–Crippen LogP) is 2.33. The van der Waals surface area contributed by atoms with E-state index in [-0.39, 0.29) is 5.91 Å². The lowest BCUT2D eigenvalue weighted by molar-refractivity contribution is -0.149. The Morgan fingerprint density at radius 2 is 1.88 bits per heavy atom. The first-order chi connectivity index (χ1) is 7.97. The SMILES string of the molecule is CCN(C(C)=O)C(C(=O)O)c1ccc(Cl)cc1. The molecule has 0 saturated heterocycles. The van der Waals surface area contributed by atoms with E-state index < -0.39 is 12.0 Å². The lowest BCUT2D eigenvalue weighted by Gasteiger charge is -2.26. The quantitative estimate of drug-likeness (QED) is 0.898. The highest BCUT2D eigenvalue weighted by Gasteiger charge is 2.27. The van der Waals surface area contributed by atoms with Gasteiger partial charge in [0.1, 0.15) is 0 Å². The van der Waals surface area contributed by atoms with Crippen LogP contribution in [0, 0.1) is 0 Å². The molecule has 1 rings (SSSR count). The second kappa shape index (κ2) is 5.68. The molecule has 1 N–H and O–H groups in total. The van der Waals surface area contributed by atoms with Crippen LogP contribution in [0.4, 0.5) is 0 Å². The molecule has 0 saturated carbocycles. The first-order valence-electron chi connectivity index (χ1n) is 5.22. The van der Waals surface area contributed by atoms with Gasteiger partial charge in [0, 0.05) is 18.5 Å². The summed E-state index contributed by atoms with van der Waals surface area (Å²) in [6, 6.07) is 5.50. The lowest BCUT2D eigenvalue weighted by atomic mass is 10.1. The molecule has 0 bridgehead atoms. The molecule has 0 aliphatic heterocycles. The summed E-state index contributed by atoms with van der Waals surface area (Å²) in [4.78, 5) is 24.0. The molecule has 1 aromatic rings. The van der Waals surface area contributed by atoms with E-state index in [9.17, 15) is 14.7 Å². The Bertz CT molecular complexity index is 416. The van der Waals surface area contributed by atoms with Crippen molar-refractivity contribution in [2.75, 3.05) is 6.54 Å². The topological polar surface area (TPSA) is 57.6 Å². The number of carboxylic acids is 1. The summed E-state index contributed by atoms with van der Waals surface area (Å²) >= 11 is 5.74. The third-order valence-electron chi connectivity index (χ3n) is 2.48. The lowest BCUT2D eigenvalue weighted by Crippen LogP contribution is -2.37. The van der Waals surface area contributed by atoms with Crippen molar-refractivity contribution in [1.29, 1.82) is 0 Å². The number of likely N-dealkylation sites (N-methyl/N-ethyl adjacent to an activating group) is 1. The maximum Gasteiger partial charge on any atom is 0.331 e. The largest absolute Gasteiger partial charge is 0.479 e. The van der Waals surface area contributed by atoms with Crippen molar-refractivity contribution < 1.29 is 14.7 Å². The summed E-state index contributed by atoms with van der Waals surface area (Å²) in [5, 5.41) is 9.75. The summed E-state index contributed by atoms with van der Waals surface area (Å²) in [6.07, 6.45) is 0. The number of aliphatic carboxylic acids is 1. The van der Waals surface area contributed by atoms with Crippen molar-refractivity contribution in [3.8, 4) is 0 Å². The molecule has 0 aliphatic carbocycles. The van der Waals surface area contributed by atoms with Gasteiger partial charge in [-0.05, 0) is 24.6 Å². The van der Waals surface area contributed by atoms with Crippen LogP contribution in [0.15, 0.2) is 24.3 Å². The molecule has 0 aromatic heterocycles.